The molecule has 4 rings (SSSR count). The van der Waals surface area contributed by atoms with Gasteiger partial charge in [-0.05, 0) is 24.8 Å². The molecule has 156 valence electrons. The lowest BCUT2D eigenvalue weighted by Gasteiger charge is -2.23. The van der Waals surface area contributed by atoms with Crippen molar-refractivity contribution in [3.63, 3.8) is 0 Å². The number of nitrogens with zero attached hydrogens (tertiary/aromatic N) is 3. The molecule has 3 fully saturated rings. The zero-order valence-corrected chi connectivity index (χ0v) is 17.1. The molecule has 2 unspecified atom stereocenters. The van der Waals surface area contributed by atoms with Crippen molar-refractivity contribution >= 4 is 17.7 Å². The normalized spacial score (nSPS) is 25.8. The lowest BCUT2D eigenvalue weighted by Crippen LogP contribution is -2.39. The number of carbonyl (C=O) groups is 3. The van der Waals surface area contributed by atoms with E-state index in [4.69, 9.17) is 0 Å². The van der Waals surface area contributed by atoms with Crippen molar-refractivity contribution in [3.05, 3.63) is 35.9 Å². The number of likely N-dealkylation sites (tertiary alicyclic amines) is 1. The number of imide groups is 1. The molecule has 29 heavy (non-hydrogen) atoms. The smallest absolute Gasteiger partial charge is 0.233 e. The summed E-state index contributed by atoms with van der Waals surface area (Å²) in [5.41, 5.74) is 1.29. The third kappa shape index (κ3) is 4.53. The summed E-state index contributed by atoms with van der Waals surface area (Å²) in [6.07, 6.45) is 4.90. The maximum Gasteiger partial charge on any atom is 0.233 e. The molecule has 2 atom stereocenters. The summed E-state index contributed by atoms with van der Waals surface area (Å²) in [6, 6.07) is 10.4. The van der Waals surface area contributed by atoms with E-state index in [1.54, 1.807) is 0 Å². The van der Waals surface area contributed by atoms with Gasteiger partial charge in [0.2, 0.25) is 17.7 Å². The Labute approximate surface area is 172 Å². The molecular weight excluding hydrogens is 366 g/mol. The Kier molecular flexibility index (Phi) is 6.28. The Morgan fingerprint density at radius 2 is 1.55 bits per heavy atom. The van der Waals surface area contributed by atoms with Gasteiger partial charge in [0.15, 0.2) is 0 Å². The van der Waals surface area contributed by atoms with E-state index in [1.807, 2.05) is 11.0 Å². The number of hydrogen-bond acceptors (Lipinski definition) is 4. The number of fused-ring (bicyclic) bond motifs is 1. The van der Waals surface area contributed by atoms with Crippen molar-refractivity contribution in [1.82, 2.24) is 14.7 Å². The molecule has 1 aliphatic carbocycles. The number of amides is 3. The minimum atomic E-state index is -0.129. The van der Waals surface area contributed by atoms with Gasteiger partial charge in [-0.3, -0.25) is 24.2 Å². The van der Waals surface area contributed by atoms with Crippen LogP contribution in [0, 0.1) is 11.8 Å². The van der Waals surface area contributed by atoms with E-state index in [0.717, 1.165) is 58.3 Å². The maximum absolute atomic E-state index is 12.8. The molecule has 0 aromatic heterocycles. The summed E-state index contributed by atoms with van der Waals surface area (Å²) in [6.45, 7) is 4.43. The van der Waals surface area contributed by atoms with Gasteiger partial charge in [-0.1, -0.05) is 43.2 Å². The molecule has 2 aliphatic heterocycles. The first-order valence-electron chi connectivity index (χ1n) is 11.0. The molecule has 0 N–H and O–H groups in total. The summed E-state index contributed by atoms with van der Waals surface area (Å²) in [4.78, 5) is 43.6. The summed E-state index contributed by atoms with van der Waals surface area (Å²) in [5, 5.41) is 0. The van der Waals surface area contributed by atoms with E-state index in [9.17, 15) is 14.4 Å². The third-order valence-electron chi connectivity index (χ3n) is 6.67. The quantitative estimate of drug-likeness (QED) is 0.716. The molecule has 6 heteroatoms. The lowest BCUT2D eigenvalue weighted by molar-refractivity contribution is -0.140. The molecule has 6 nitrogen and oxygen atoms in total. The lowest BCUT2D eigenvalue weighted by atomic mass is 9.81. The van der Waals surface area contributed by atoms with E-state index in [0.29, 0.717) is 6.54 Å². The fourth-order valence-corrected chi connectivity index (χ4v) is 5.04. The topological polar surface area (TPSA) is 60.9 Å². The van der Waals surface area contributed by atoms with Crippen molar-refractivity contribution in [2.24, 2.45) is 11.8 Å². The number of carbonyl (C=O) groups excluding carboxylic acids is 3. The van der Waals surface area contributed by atoms with Crippen molar-refractivity contribution in [2.75, 3.05) is 32.7 Å². The van der Waals surface area contributed by atoms with Gasteiger partial charge < -0.3 is 4.90 Å². The fraction of sp³-hybridized carbons (Fsp3) is 0.609. The van der Waals surface area contributed by atoms with Gasteiger partial charge in [0.25, 0.3) is 0 Å². The van der Waals surface area contributed by atoms with Gasteiger partial charge in [0.05, 0.1) is 11.8 Å². The Morgan fingerprint density at radius 3 is 2.24 bits per heavy atom. The van der Waals surface area contributed by atoms with Gasteiger partial charge in [-0.15, -0.1) is 0 Å². The molecular formula is C23H31N3O3. The molecule has 0 bridgehead atoms. The Balaban J connectivity index is 1.27. The molecule has 0 spiro atoms. The summed E-state index contributed by atoms with van der Waals surface area (Å²) < 4.78 is 0. The average molecular weight is 398 g/mol. The van der Waals surface area contributed by atoms with Crippen LogP contribution in [0.15, 0.2) is 30.3 Å². The second-order valence-electron chi connectivity index (χ2n) is 8.57. The zero-order chi connectivity index (χ0) is 20.2. The molecule has 2 heterocycles. The summed E-state index contributed by atoms with van der Waals surface area (Å²) in [5.74, 6) is -0.288. The zero-order valence-electron chi connectivity index (χ0n) is 17.1. The first-order chi connectivity index (χ1) is 14.1. The predicted molar refractivity (Wildman–Crippen MR) is 110 cm³/mol. The van der Waals surface area contributed by atoms with Gasteiger partial charge in [-0.25, -0.2) is 0 Å². The van der Waals surface area contributed by atoms with Crippen LogP contribution in [-0.4, -0.2) is 65.1 Å². The standard InChI is InChI=1S/C23H31N3O3/c27-21(11-14-26-22(28)19-9-4-5-10-20(19)23(26)29)25-13-6-12-24(15-16-25)17-18-7-2-1-3-8-18/h1-3,7-8,19-20H,4-6,9-17H2. The minimum Gasteiger partial charge on any atom is -0.341 e. The summed E-state index contributed by atoms with van der Waals surface area (Å²) >= 11 is 0. The van der Waals surface area contributed by atoms with Crippen LogP contribution in [0.2, 0.25) is 0 Å². The highest BCUT2D eigenvalue weighted by Gasteiger charge is 2.47. The highest BCUT2D eigenvalue weighted by atomic mass is 16.2. The SMILES string of the molecule is O=C(CCN1C(=O)C2CCCCC2C1=O)N1CCCN(Cc2ccccc2)CC1. The van der Waals surface area contributed by atoms with Crippen LogP contribution < -0.4 is 0 Å². The molecule has 3 aliphatic rings. The minimum absolute atomic E-state index is 0.0441. The molecule has 1 aromatic rings. The molecule has 1 aromatic carbocycles. The third-order valence-corrected chi connectivity index (χ3v) is 6.67. The first-order valence-corrected chi connectivity index (χ1v) is 11.0. The highest BCUT2D eigenvalue weighted by Crippen LogP contribution is 2.38. The van der Waals surface area contributed by atoms with Crippen LogP contribution in [0.5, 0.6) is 0 Å². The van der Waals surface area contributed by atoms with Crippen LogP contribution >= 0.6 is 0 Å². The average Bonchev–Trinajstić information content (AvgIpc) is 2.90. The van der Waals surface area contributed by atoms with Crippen molar-refractivity contribution in [1.29, 1.82) is 0 Å². The predicted octanol–water partition coefficient (Wildman–Crippen LogP) is 2.29. The van der Waals surface area contributed by atoms with Gasteiger partial charge in [-0.2, -0.15) is 0 Å². The maximum atomic E-state index is 12.8. The summed E-state index contributed by atoms with van der Waals surface area (Å²) in [7, 11) is 0. The molecule has 1 saturated carbocycles. The number of benzene rings is 1. The van der Waals surface area contributed by atoms with E-state index >= 15 is 0 Å². The first kappa shape index (κ1) is 20.1. The number of rotatable bonds is 5. The monoisotopic (exact) mass is 397 g/mol. The Morgan fingerprint density at radius 1 is 0.862 bits per heavy atom. The van der Waals surface area contributed by atoms with Crippen molar-refractivity contribution in [2.45, 2.75) is 45.1 Å². The van der Waals surface area contributed by atoms with Gasteiger partial charge >= 0.3 is 0 Å². The van der Waals surface area contributed by atoms with Crippen LogP contribution in [0.3, 0.4) is 0 Å². The van der Waals surface area contributed by atoms with Crippen molar-refractivity contribution < 1.29 is 14.4 Å². The Hall–Kier alpha value is -2.21. The second-order valence-corrected chi connectivity index (χ2v) is 8.57. The van der Waals surface area contributed by atoms with Gasteiger partial charge in [0.1, 0.15) is 0 Å². The van der Waals surface area contributed by atoms with Gasteiger partial charge in [0, 0.05) is 45.7 Å². The van der Waals surface area contributed by atoms with E-state index in [2.05, 4.69) is 29.2 Å². The fourth-order valence-electron chi connectivity index (χ4n) is 5.04. The molecule has 0 radical (unpaired) electrons. The Bertz CT molecular complexity index is 727. The highest BCUT2D eigenvalue weighted by molar-refractivity contribution is 6.05. The second kappa shape index (κ2) is 9.08. The van der Waals surface area contributed by atoms with Crippen LogP contribution in [-0.2, 0) is 20.9 Å². The molecule has 3 amide bonds. The van der Waals surface area contributed by atoms with Crippen molar-refractivity contribution in [3.8, 4) is 0 Å². The molecule has 2 saturated heterocycles. The van der Waals surface area contributed by atoms with E-state index < -0.39 is 0 Å². The largest absolute Gasteiger partial charge is 0.341 e. The number of hydrogen-bond donors (Lipinski definition) is 0. The van der Waals surface area contributed by atoms with E-state index in [-0.39, 0.29) is 42.5 Å². The van der Waals surface area contributed by atoms with Crippen LogP contribution in [0.4, 0.5) is 0 Å². The van der Waals surface area contributed by atoms with E-state index in [1.165, 1.54) is 10.5 Å². The van der Waals surface area contributed by atoms with Crippen LogP contribution in [0.1, 0.15) is 44.1 Å². The van der Waals surface area contributed by atoms with Crippen LogP contribution in [0.25, 0.3) is 0 Å².